The van der Waals surface area contributed by atoms with Crippen LogP contribution >= 0.6 is 12.4 Å². The van der Waals surface area contributed by atoms with E-state index in [2.05, 4.69) is 10.6 Å². The first kappa shape index (κ1) is 19.9. The second-order valence-electron chi connectivity index (χ2n) is 5.69. The van der Waals surface area contributed by atoms with Crippen LogP contribution in [0.15, 0.2) is 29.2 Å². The lowest BCUT2D eigenvalue weighted by Crippen LogP contribution is -2.26. The molecule has 8 heteroatoms. The zero-order valence-electron chi connectivity index (χ0n) is 13.0. The number of nitrogens with two attached hydrogens (primary N) is 1. The molecule has 23 heavy (non-hydrogen) atoms. The number of rotatable bonds is 7. The minimum absolute atomic E-state index is 0. The summed E-state index contributed by atoms with van der Waals surface area (Å²) in [5.41, 5.74) is 0.965. The molecule has 1 saturated heterocycles. The van der Waals surface area contributed by atoms with E-state index < -0.39 is 10.0 Å². The van der Waals surface area contributed by atoms with E-state index in [0.717, 1.165) is 31.5 Å². The summed E-state index contributed by atoms with van der Waals surface area (Å²) < 4.78 is 22.3. The fraction of sp³-hybridized carbons (Fsp3) is 0.533. The average molecular weight is 362 g/mol. The quantitative estimate of drug-likeness (QED) is 0.668. The topological polar surface area (TPSA) is 101 Å². The van der Waals surface area contributed by atoms with E-state index in [1.54, 1.807) is 12.1 Å². The number of amides is 1. The van der Waals surface area contributed by atoms with Crippen molar-refractivity contribution in [3.8, 4) is 0 Å². The maximum atomic E-state index is 11.7. The third kappa shape index (κ3) is 6.87. The van der Waals surface area contributed by atoms with E-state index in [4.69, 9.17) is 5.14 Å². The summed E-state index contributed by atoms with van der Waals surface area (Å²) in [5.74, 6) is 0.699. The van der Waals surface area contributed by atoms with Crippen molar-refractivity contribution in [3.63, 3.8) is 0 Å². The van der Waals surface area contributed by atoms with Crippen molar-refractivity contribution in [2.75, 3.05) is 19.6 Å². The molecule has 0 radical (unpaired) electrons. The summed E-state index contributed by atoms with van der Waals surface area (Å²) in [7, 11) is -3.64. The van der Waals surface area contributed by atoms with Crippen LogP contribution in [0.2, 0.25) is 0 Å². The molecule has 1 aromatic rings. The van der Waals surface area contributed by atoms with Crippen molar-refractivity contribution in [2.45, 2.75) is 30.6 Å². The van der Waals surface area contributed by atoms with Crippen LogP contribution in [-0.2, 0) is 21.2 Å². The Hall–Kier alpha value is -1.15. The number of primary sulfonamides is 1. The van der Waals surface area contributed by atoms with Crippen LogP contribution in [0.3, 0.4) is 0 Å². The lowest BCUT2D eigenvalue weighted by Gasteiger charge is -2.09. The molecule has 1 atom stereocenters. The van der Waals surface area contributed by atoms with E-state index in [-0.39, 0.29) is 23.2 Å². The number of sulfonamides is 1. The van der Waals surface area contributed by atoms with Crippen molar-refractivity contribution >= 4 is 28.3 Å². The largest absolute Gasteiger partial charge is 0.356 e. The molecule has 0 saturated carbocycles. The van der Waals surface area contributed by atoms with Gasteiger partial charge in [-0.25, -0.2) is 13.6 Å². The summed E-state index contributed by atoms with van der Waals surface area (Å²) >= 11 is 0. The third-order valence-corrected chi connectivity index (χ3v) is 4.86. The van der Waals surface area contributed by atoms with E-state index >= 15 is 0 Å². The minimum Gasteiger partial charge on any atom is -0.356 e. The van der Waals surface area contributed by atoms with Crippen molar-refractivity contribution in [3.05, 3.63) is 29.8 Å². The number of benzene rings is 1. The van der Waals surface area contributed by atoms with E-state index in [9.17, 15) is 13.2 Å². The Morgan fingerprint density at radius 3 is 2.57 bits per heavy atom. The molecule has 1 heterocycles. The molecule has 130 valence electrons. The molecule has 1 fully saturated rings. The fourth-order valence-electron chi connectivity index (χ4n) is 2.58. The Balaban J connectivity index is 0.00000264. The van der Waals surface area contributed by atoms with E-state index in [1.165, 1.54) is 12.1 Å². The normalized spacial score (nSPS) is 17.5. The lowest BCUT2D eigenvalue weighted by molar-refractivity contribution is -0.121. The molecule has 0 aromatic heterocycles. The minimum atomic E-state index is -3.64. The number of carbonyl (C=O) groups is 1. The Morgan fingerprint density at radius 1 is 1.30 bits per heavy atom. The zero-order valence-corrected chi connectivity index (χ0v) is 14.6. The predicted octanol–water partition coefficient (Wildman–Crippen LogP) is 0.804. The monoisotopic (exact) mass is 361 g/mol. The van der Waals surface area contributed by atoms with E-state index in [0.29, 0.717) is 25.3 Å². The summed E-state index contributed by atoms with van der Waals surface area (Å²) in [4.78, 5) is 11.9. The van der Waals surface area contributed by atoms with Gasteiger partial charge in [0, 0.05) is 13.0 Å². The SMILES string of the molecule is Cl.NS(=O)(=O)c1ccc(CCNC(=O)CCC2CCNC2)cc1. The number of hydrogen-bond acceptors (Lipinski definition) is 4. The summed E-state index contributed by atoms with van der Waals surface area (Å²) in [6.07, 6.45) is 3.32. The smallest absolute Gasteiger partial charge is 0.238 e. The molecule has 1 unspecified atom stereocenters. The van der Waals surface area contributed by atoms with E-state index in [1.807, 2.05) is 0 Å². The zero-order chi connectivity index (χ0) is 16.0. The third-order valence-electron chi connectivity index (χ3n) is 3.93. The highest BCUT2D eigenvalue weighted by Gasteiger charge is 2.15. The first-order valence-electron chi connectivity index (χ1n) is 7.54. The second-order valence-corrected chi connectivity index (χ2v) is 7.25. The highest BCUT2D eigenvalue weighted by Crippen LogP contribution is 2.14. The van der Waals surface area contributed by atoms with Crippen LogP contribution in [0.25, 0.3) is 0 Å². The number of carbonyl (C=O) groups excluding carboxylic acids is 1. The molecule has 1 aromatic carbocycles. The molecular weight excluding hydrogens is 338 g/mol. The molecule has 0 aliphatic carbocycles. The molecule has 1 aliphatic heterocycles. The predicted molar refractivity (Wildman–Crippen MR) is 92.0 cm³/mol. The maximum Gasteiger partial charge on any atom is 0.238 e. The standard InChI is InChI=1S/C15H23N3O3S.ClH/c16-22(20,21)14-4-1-12(2-5-14)8-10-18-15(19)6-3-13-7-9-17-11-13;/h1-2,4-5,13,17H,3,6-11H2,(H,18,19)(H2,16,20,21);1H. The first-order valence-corrected chi connectivity index (χ1v) is 9.09. The second kappa shape index (κ2) is 9.22. The number of hydrogen-bond donors (Lipinski definition) is 3. The van der Waals surface area contributed by atoms with Crippen LogP contribution < -0.4 is 15.8 Å². The van der Waals surface area contributed by atoms with Gasteiger partial charge < -0.3 is 10.6 Å². The van der Waals surface area contributed by atoms with Crippen LogP contribution in [0.1, 0.15) is 24.8 Å². The molecule has 0 spiro atoms. The molecule has 4 N–H and O–H groups in total. The van der Waals surface area contributed by atoms with Crippen LogP contribution in [0.5, 0.6) is 0 Å². The Bertz CT molecular complexity index is 599. The van der Waals surface area contributed by atoms with Gasteiger partial charge in [0.05, 0.1) is 4.90 Å². The highest BCUT2D eigenvalue weighted by atomic mass is 35.5. The van der Waals surface area contributed by atoms with Gasteiger partial charge in [-0.1, -0.05) is 12.1 Å². The summed E-state index contributed by atoms with van der Waals surface area (Å²) in [6, 6.07) is 6.41. The van der Waals surface area contributed by atoms with Crippen LogP contribution in [0, 0.1) is 5.92 Å². The number of nitrogens with one attached hydrogen (secondary N) is 2. The summed E-state index contributed by atoms with van der Waals surface area (Å²) in [5, 5.41) is 11.2. The highest BCUT2D eigenvalue weighted by molar-refractivity contribution is 7.89. The first-order chi connectivity index (χ1) is 10.4. The van der Waals surface area contributed by atoms with Crippen molar-refractivity contribution in [1.29, 1.82) is 0 Å². The lowest BCUT2D eigenvalue weighted by atomic mass is 10.0. The van der Waals surface area contributed by atoms with Gasteiger partial charge in [0.1, 0.15) is 0 Å². The molecule has 1 amide bonds. The molecule has 0 bridgehead atoms. The van der Waals surface area contributed by atoms with Gasteiger partial charge in [0.25, 0.3) is 0 Å². The van der Waals surface area contributed by atoms with Gasteiger partial charge in [0.2, 0.25) is 15.9 Å². The Morgan fingerprint density at radius 2 is 2.00 bits per heavy atom. The van der Waals surface area contributed by atoms with Crippen molar-refractivity contribution < 1.29 is 13.2 Å². The molecule has 2 rings (SSSR count). The molecule has 6 nitrogen and oxygen atoms in total. The van der Waals surface area contributed by atoms with Gasteiger partial charge in [-0.15, -0.1) is 12.4 Å². The van der Waals surface area contributed by atoms with Gasteiger partial charge >= 0.3 is 0 Å². The van der Waals surface area contributed by atoms with Gasteiger partial charge in [0.15, 0.2) is 0 Å². The maximum absolute atomic E-state index is 11.7. The van der Waals surface area contributed by atoms with Crippen molar-refractivity contribution in [1.82, 2.24) is 10.6 Å². The van der Waals surface area contributed by atoms with Gasteiger partial charge in [-0.2, -0.15) is 0 Å². The number of halogens is 1. The Labute approximate surface area is 143 Å². The molecule has 1 aliphatic rings. The van der Waals surface area contributed by atoms with Crippen LogP contribution in [-0.4, -0.2) is 34.0 Å². The molecular formula is C15H24ClN3O3S. The average Bonchev–Trinajstić information content (AvgIpc) is 2.98. The summed E-state index contributed by atoms with van der Waals surface area (Å²) in [6.45, 7) is 2.63. The van der Waals surface area contributed by atoms with Gasteiger partial charge in [-0.3, -0.25) is 4.79 Å². The Kier molecular flexibility index (Phi) is 7.98. The van der Waals surface area contributed by atoms with Crippen molar-refractivity contribution in [2.24, 2.45) is 11.1 Å². The van der Waals surface area contributed by atoms with Gasteiger partial charge in [-0.05, 0) is 56.0 Å². The van der Waals surface area contributed by atoms with Crippen LogP contribution in [0.4, 0.5) is 0 Å². The fourth-order valence-corrected chi connectivity index (χ4v) is 3.09.